The molecule has 4 heterocycles. The van der Waals surface area contributed by atoms with Crippen molar-refractivity contribution in [1.82, 2.24) is 24.8 Å². The highest BCUT2D eigenvalue weighted by Crippen LogP contribution is 2.39. The van der Waals surface area contributed by atoms with Crippen LogP contribution in [-0.2, 0) is 11.2 Å². The topological polar surface area (TPSA) is 76.9 Å². The van der Waals surface area contributed by atoms with Crippen molar-refractivity contribution in [3.8, 4) is 22.6 Å². The number of hydrogen-bond acceptors (Lipinski definition) is 6. The Morgan fingerprint density at radius 1 is 1.23 bits per heavy atom. The van der Waals surface area contributed by atoms with Crippen molar-refractivity contribution in [3.05, 3.63) is 71.1 Å². The second-order valence-corrected chi connectivity index (χ2v) is 9.14. The van der Waals surface area contributed by atoms with Gasteiger partial charge in [0.1, 0.15) is 11.6 Å². The molecule has 3 aromatic rings. The summed E-state index contributed by atoms with van der Waals surface area (Å²) in [5.41, 5.74) is 4.31. The Hall–Kier alpha value is -3.23. The first-order valence-electron chi connectivity index (χ1n) is 11.9. The molecule has 35 heavy (non-hydrogen) atoms. The number of fused-ring (bicyclic) bond motifs is 1. The zero-order valence-electron chi connectivity index (χ0n) is 19.8. The van der Waals surface area contributed by atoms with Crippen LogP contribution in [0, 0.1) is 5.82 Å². The Kier molecular flexibility index (Phi) is 6.83. The number of aryl methyl sites for hydroxylation is 1. The predicted molar refractivity (Wildman–Crippen MR) is 136 cm³/mol. The molecule has 0 saturated heterocycles. The van der Waals surface area contributed by atoms with Crippen LogP contribution < -0.4 is 10.6 Å². The average Bonchev–Trinajstić information content (AvgIpc) is 3.43. The number of rotatable bonds is 8. The minimum atomic E-state index is -0.277. The van der Waals surface area contributed by atoms with Crippen molar-refractivity contribution >= 4 is 17.5 Å². The van der Waals surface area contributed by atoms with Crippen LogP contribution in [0.1, 0.15) is 32.1 Å². The number of anilines is 1. The van der Waals surface area contributed by atoms with Crippen LogP contribution in [-0.4, -0.2) is 45.3 Å². The molecule has 1 aromatic carbocycles. The molecule has 0 amide bonds. The van der Waals surface area contributed by atoms with E-state index in [1.54, 1.807) is 18.3 Å². The molecule has 2 aliphatic rings. The van der Waals surface area contributed by atoms with Gasteiger partial charge in [-0.15, -0.1) is 0 Å². The summed E-state index contributed by atoms with van der Waals surface area (Å²) in [5, 5.41) is 7.27. The Bertz CT molecular complexity index is 1270. The van der Waals surface area contributed by atoms with Crippen molar-refractivity contribution in [2.75, 3.05) is 25.0 Å². The summed E-state index contributed by atoms with van der Waals surface area (Å²) in [6, 6.07) is 8.44. The molecule has 0 bridgehead atoms. The lowest BCUT2D eigenvalue weighted by molar-refractivity contribution is 0.0620. The molecule has 0 saturated carbocycles. The highest BCUT2D eigenvalue weighted by molar-refractivity contribution is 6.30. The fourth-order valence-electron chi connectivity index (χ4n) is 4.53. The van der Waals surface area contributed by atoms with Gasteiger partial charge < -0.3 is 19.9 Å². The maximum Gasteiger partial charge on any atom is 0.223 e. The standard InChI is InChI=1S/C26H28ClFN6O/c1-3-29-26-30-13-12-22(32-26)25-24(17-4-7-19(28)8-5-17)33-23-11-9-20(34(23)25)15-35-16(2)21-10-6-18(27)14-31-21/h4-8,10,12-13,16,20,31H,3,9,11,14-15H2,1-2H3,(H,29,30,32). The van der Waals surface area contributed by atoms with Crippen LogP contribution in [0.15, 0.2) is 59.4 Å². The lowest BCUT2D eigenvalue weighted by atomic mass is 10.1. The number of hydrogen-bond donors (Lipinski definition) is 2. The number of allylic oxidation sites excluding steroid dienone is 2. The zero-order chi connectivity index (χ0) is 24.4. The van der Waals surface area contributed by atoms with Crippen LogP contribution in [0.3, 0.4) is 0 Å². The molecule has 2 aliphatic heterocycles. The summed E-state index contributed by atoms with van der Waals surface area (Å²) in [7, 11) is 0. The number of halogens is 2. The van der Waals surface area contributed by atoms with Gasteiger partial charge in [-0.1, -0.05) is 11.6 Å². The van der Waals surface area contributed by atoms with E-state index in [1.165, 1.54) is 12.1 Å². The minimum Gasteiger partial charge on any atom is -0.381 e. The first-order chi connectivity index (χ1) is 17.0. The van der Waals surface area contributed by atoms with E-state index >= 15 is 0 Å². The van der Waals surface area contributed by atoms with Gasteiger partial charge in [0.15, 0.2) is 0 Å². The largest absolute Gasteiger partial charge is 0.381 e. The second kappa shape index (κ2) is 10.2. The lowest BCUT2D eigenvalue weighted by Crippen LogP contribution is -2.29. The molecule has 0 aliphatic carbocycles. The summed E-state index contributed by atoms with van der Waals surface area (Å²) in [6.45, 7) is 5.90. The second-order valence-electron chi connectivity index (χ2n) is 8.66. The molecule has 2 atom stereocenters. The summed E-state index contributed by atoms with van der Waals surface area (Å²) in [5.74, 6) is 1.27. The van der Waals surface area contributed by atoms with Crippen molar-refractivity contribution in [1.29, 1.82) is 0 Å². The van der Waals surface area contributed by atoms with Crippen molar-refractivity contribution in [2.45, 2.75) is 38.8 Å². The fraction of sp³-hybridized carbons (Fsp3) is 0.346. The van der Waals surface area contributed by atoms with E-state index in [9.17, 15) is 4.39 Å². The third kappa shape index (κ3) is 4.94. The molecule has 182 valence electrons. The Balaban J connectivity index is 1.49. The lowest BCUT2D eigenvalue weighted by Gasteiger charge is -2.24. The van der Waals surface area contributed by atoms with E-state index in [-0.39, 0.29) is 18.0 Å². The minimum absolute atomic E-state index is 0.0944. The van der Waals surface area contributed by atoms with Gasteiger partial charge in [-0.25, -0.2) is 19.3 Å². The number of imidazole rings is 1. The number of benzene rings is 1. The third-order valence-electron chi connectivity index (χ3n) is 6.28. The molecular weight excluding hydrogens is 467 g/mol. The highest BCUT2D eigenvalue weighted by atomic mass is 35.5. The first-order valence-corrected chi connectivity index (χ1v) is 12.3. The van der Waals surface area contributed by atoms with Gasteiger partial charge in [0.2, 0.25) is 5.95 Å². The molecule has 2 N–H and O–H groups in total. The fourth-order valence-corrected chi connectivity index (χ4v) is 4.66. The van der Waals surface area contributed by atoms with Crippen LogP contribution in [0.5, 0.6) is 0 Å². The van der Waals surface area contributed by atoms with Crippen LogP contribution in [0.4, 0.5) is 10.3 Å². The van der Waals surface area contributed by atoms with Crippen molar-refractivity contribution in [3.63, 3.8) is 0 Å². The van der Waals surface area contributed by atoms with E-state index in [2.05, 4.69) is 20.2 Å². The van der Waals surface area contributed by atoms with Crippen molar-refractivity contribution in [2.24, 2.45) is 0 Å². The highest BCUT2D eigenvalue weighted by Gasteiger charge is 2.31. The number of nitrogens with one attached hydrogen (secondary N) is 2. The Morgan fingerprint density at radius 3 is 2.80 bits per heavy atom. The molecule has 2 aromatic heterocycles. The van der Waals surface area contributed by atoms with E-state index < -0.39 is 0 Å². The molecule has 9 heteroatoms. The normalized spacial score (nSPS) is 17.9. The molecule has 0 radical (unpaired) electrons. The summed E-state index contributed by atoms with van der Waals surface area (Å²) < 4.78 is 22.2. The number of aromatic nitrogens is 4. The molecule has 0 fully saturated rings. The summed E-state index contributed by atoms with van der Waals surface area (Å²) in [4.78, 5) is 14.1. The monoisotopic (exact) mass is 494 g/mol. The number of dihydropyridines is 1. The van der Waals surface area contributed by atoms with Gasteiger partial charge in [0, 0.05) is 35.5 Å². The molecule has 5 rings (SSSR count). The van der Waals surface area contributed by atoms with Crippen molar-refractivity contribution < 1.29 is 9.13 Å². The number of nitrogens with zero attached hydrogens (tertiary/aromatic N) is 4. The van der Waals surface area contributed by atoms with E-state index in [0.29, 0.717) is 19.1 Å². The van der Waals surface area contributed by atoms with Gasteiger partial charge in [-0.2, -0.15) is 0 Å². The first kappa shape index (κ1) is 23.5. The maximum absolute atomic E-state index is 13.6. The molecular formula is C26H28ClFN6O. The average molecular weight is 495 g/mol. The van der Waals surface area contributed by atoms with Crippen LogP contribution >= 0.6 is 11.6 Å². The Labute approximate surface area is 209 Å². The van der Waals surface area contributed by atoms with E-state index in [1.807, 2.05) is 32.1 Å². The van der Waals surface area contributed by atoms with E-state index in [0.717, 1.165) is 58.6 Å². The third-order valence-corrected chi connectivity index (χ3v) is 6.54. The van der Waals surface area contributed by atoms with Gasteiger partial charge in [0.25, 0.3) is 0 Å². The van der Waals surface area contributed by atoms with Gasteiger partial charge in [-0.3, -0.25) is 0 Å². The molecule has 2 unspecified atom stereocenters. The van der Waals surface area contributed by atoms with Crippen LogP contribution in [0.25, 0.3) is 22.6 Å². The zero-order valence-corrected chi connectivity index (χ0v) is 20.5. The van der Waals surface area contributed by atoms with Gasteiger partial charge >= 0.3 is 0 Å². The number of ether oxygens (including phenoxy) is 1. The maximum atomic E-state index is 13.6. The Morgan fingerprint density at radius 2 is 2.06 bits per heavy atom. The smallest absolute Gasteiger partial charge is 0.223 e. The summed E-state index contributed by atoms with van der Waals surface area (Å²) >= 11 is 6.06. The SMILES string of the molecule is CCNc1nccc(-c2c(-c3ccc(F)cc3)nc3n2C(COC(C)C2=CC=C(Cl)CN2)CC3)n1. The van der Waals surface area contributed by atoms with Crippen LogP contribution in [0.2, 0.25) is 0 Å². The van der Waals surface area contributed by atoms with Gasteiger partial charge in [0.05, 0.1) is 42.4 Å². The van der Waals surface area contributed by atoms with E-state index in [4.69, 9.17) is 26.3 Å². The quantitative estimate of drug-likeness (QED) is 0.455. The molecule has 0 spiro atoms. The summed E-state index contributed by atoms with van der Waals surface area (Å²) in [6.07, 6.45) is 7.28. The predicted octanol–water partition coefficient (Wildman–Crippen LogP) is 5.08. The molecule has 7 nitrogen and oxygen atoms in total. The van der Waals surface area contributed by atoms with Gasteiger partial charge in [-0.05, 0) is 62.8 Å².